The van der Waals surface area contributed by atoms with Gasteiger partial charge in [-0.1, -0.05) is 12.1 Å². The molecule has 0 saturated heterocycles. The molecule has 0 amide bonds. The van der Waals surface area contributed by atoms with Crippen LogP contribution in [0.25, 0.3) is 11.0 Å². The molecule has 2 rings (SSSR count). The summed E-state index contributed by atoms with van der Waals surface area (Å²) < 4.78 is 0.682. The van der Waals surface area contributed by atoms with E-state index in [0.29, 0.717) is 4.77 Å². The Morgan fingerprint density at radius 3 is 1.83 bits per heavy atom. The molecule has 0 fully saturated rings. The van der Waals surface area contributed by atoms with E-state index < -0.39 is 0 Å². The van der Waals surface area contributed by atoms with Crippen molar-refractivity contribution < 1.29 is 19.5 Å². The Kier molecular flexibility index (Phi) is 4.36. The molecular weight excluding hydrogens is 222 g/mol. The summed E-state index contributed by atoms with van der Waals surface area (Å²) in [5.41, 5.74) is 2.13. The Bertz CT molecular complexity index is 368. The van der Waals surface area contributed by atoms with E-state index in [2.05, 4.69) is 9.97 Å². The van der Waals surface area contributed by atoms with Crippen LogP contribution in [0.3, 0.4) is 0 Å². The zero-order valence-electron chi connectivity index (χ0n) is 6.92. The first-order valence-electron chi connectivity index (χ1n) is 3.03. The molecule has 0 unspecified atom stereocenters. The van der Waals surface area contributed by atoms with Crippen molar-refractivity contribution in [3.63, 3.8) is 0 Å². The van der Waals surface area contributed by atoms with Gasteiger partial charge in [-0.15, -0.1) is 0 Å². The van der Waals surface area contributed by atoms with Gasteiger partial charge in [0.2, 0.25) is 0 Å². The summed E-state index contributed by atoms with van der Waals surface area (Å²) in [5, 5.41) is 0. The van der Waals surface area contributed by atoms with Crippen LogP contribution < -0.4 is 0 Å². The van der Waals surface area contributed by atoms with E-state index in [1.54, 1.807) is 0 Å². The average molecular weight is 231 g/mol. The number of nitrogens with one attached hydrogen (secondary N) is 2. The Labute approximate surface area is 89.2 Å². The fourth-order valence-electron chi connectivity index (χ4n) is 0.977. The third-order valence-electron chi connectivity index (χ3n) is 1.42. The zero-order chi connectivity index (χ0) is 6.97. The molecule has 0 atom stereocenters. The molecule has 1 heterocycles. The summed E-state index contributed by atoms with van der Waals surface area (Å²) in [7, 11) is 0. The first-order valence-corrected chi connectivity index (χ1v) is 3.44. The van der Waals surface area contributed by atoms with Crippen molar-refractivity contribution in [3.05, 3.63) is 36.5 Å². The van der Waals surface area contributed by atoms with Crippen LogP contribution >= 0.6 is 12.2 Å². The fourth-order valence-corrected chi connectivity index (χ4v) is 1.20. The molecule has 1 aromatic heterocycles. The van der Waals surface area contributed by atoms with Gasteiger partial charge in [-0.3, -0.25) is 0 Å². The number of hydrogen-bond acceptors (Lipinski definition) is 1. The van der Waals surface area contributed by atoms with Crippen LogP contribution in [0, 0.1) is 12.2 Å². The van der Waals surface area contributed by atoms with Crippen molar-refractivity contribution >= 4 is 23.3 Å². The largest absolute Gasteiger partial charge is 0.358 e. The number of aromatic nitrogens is 2. The normalized spacial score (nSPS) is 8.67. The van der Waals surface area contributed by atoms with Crippen molar-refractivity contribution in [2.45, 2.75) is 0 Å². The predicted octanol–water partition coefficient (Wildman–Crippen LogP) is 2.67. The number of benzene rings is 1. The molecule has 0 spiro atoms. The Balaban J connectivity index is 0.000000605. The van der Waals surface area contributed by atoms with E-state index >= 15 is 0 Å². The quantitative estimate of drug-likeness (QED) is 0.407. The first kappa shape index (κ1) is 11.5. The van der Waals surface area contributed by atoms with Crippen molar-refractivity contribution in [3.8, 4) is 0 Å². The van der Waals surface area contributed by atoms with Gasteiger partial charge in [0.1, 0.15) is 0 Å². The van der Waals surface area contributed by atoms with Gasteiger partial charge in [-0.05, 0) is 24.4 Å². The SMILES string of the molecule is S=c1[nH]c2ccccc2[nH]1.[CH3-].[Zn]. The van der Waals surface area contributed by atoms with Gasteiger partial charge in [0, 0.05) is 19.5 Å². The number of rotatable bonds is 0. The van der Waals surface area contributed by atoms with Crippen LogP contribution in [0.1, 0.15) is 0 Å². The van der Waals surface area contributed by atoms with E-state index in [9.17, 15) is 0 Å². The molecule has 2 N–H and O–H groups in total. The van der Waals surface area contributed by atoms with Gasteiger partial charge < -0.3 is 17.4 Å². The van der Waals surface area contributed by atoms with Crippen LogP contribution in [0.5, 0.6) is 0 Å². The van der Waals surface area contributed by atoms with Crippen LogP contribution in [0.15, 0.2) is 24.3 Å². The van der Waals surface area contributed by atoms with Gasteiger partial charge in [0.15, 0.2) is 4.77 Å². The van der Waals surface area contributed by atoms with E-state index in [1.165, 1.54) is 0 Å². The topological polar surface area (TPSA) is 31.6 Å². The minimum atomic E-state index is 0. The molecule has 12 heavy (non-hydrogen) atoms. The van der Waals surface area contributed by atoms with Crippen LogP contribution in [-0.4, -0.2) is 9.97 Å². The summed E-state index contributed by atoms with van der Waals surface area (Å²) in [4.78, 5) is 6.04. The van der Waals surface area contributed by atoms with Crippen molar-refractivity contribution in [1.29, 1.82) is 0 Å². The summed E-state index contributed by atoms with van der Waals surface area (Å²) in [6, 6.07) is 7.92. The van der Waals surface area contributed by atoms with E-state index in [4.69, 9.17) is 12.2 Å². The number of para-hydroxylation sites is 2. The number of H-pyrrole nitrogens is 2. The van der Waals surface area contributed by atoms with Crippen LogP contribution in [0.2, 0.25) is 0 Å². The van der Waals surface area contributed by atoms with Crippen molar-refractivity contribution in [1.82, 2.24) is 9.97 Å². The smallest absolute Gasteiger partial charge is 0.175 e. The van der Waals surface area contributed by atoms with Crippen molar-refractivity contribution in [2.75, 3.05) is 0 Å². The molecule has 0 aliphatic carbocycles. The predicted molar refractivity (Wildman–Crippen MR) is 49.9 cm³/mol. The van der Waals surface area contributed by atoms with Crippen LogP contribution in [-0.2, 0) is 19.5 Å². The fraction of sp³-hybridized carbons (Fsp3) is 0. The minimum absolute atomic E-state index is 0. The number of fused-ring (bicyclic) bond motifs is 1. The van der Waals surface area contributed by atoms with Crippen molar-refractivity contribution in [2.24, 2.45) is 0 Å². The summed E-state index contributed by atoms with van der Waals surface area (Å²) in [5.74, 6) is 0. The second-order valence-electron chi connectivity index (χ2n) is 2.12. The Morgan fingerprint density at radius 1 is 1.00 bits per heavy atom. The maximum absolute atomic E-state index is 4.90. The van der Waals surface area contributed by atoms with Gasteiger partial charge in [0.25, 0.3) is 0 Å². The summed E-state index contributed by atoms with van der Waals surface area (Å²) >= 11 is 4.90. The van der Waals surface area contributed by atoms with Gasteiger partial charge in [-0.25, -0.2) is 0 Å². The average Bonchev–Trinajstić information content (AvgIpc) is 2.27. The number of aromatic amines is 2. The molecule has 4 heteroatoms. The van der Waals surface area contributed by atoms with Gasteiger partial charge in [-0.2, -0.15) is 0 Å². The first-order chi connectivity index (χ1) is 4.86. The molecule has 0 aliphatic heterocycles. The number of hydrogen-bond donors (Lipinski definition) is 2. The second kappa shape index (κ2) is 4.53. The van der Waals surface area contributed by atoms with Gasteiger partial charge >= 0.3 is 0 Å². The Hall–Kier alpha value is -0.467. The maximum Gasteiger partial charge on any atom is 0.175 e. The second-order valence-corrected chi connectivity index (χ2v) is 2.53. The molecular formula is C8H9N2SZn-. The minimum Gasteiger partial charge on any atom is -0.358 e. The third-order valence-corrected chi connectivity index (χ3v) is 1.63. The van der Waals surface area contributed by atoms with Gasteiger partial charge in [0.05, 0.1) is 11.0 Å². The van der Waals surface area contributed by atoms with E-state index in [1.807, 2.05) is 24.3 Å². The molecule has 0 bridgehead atoms. The molecule has 2 aromatic rings. The molecule has 0 aliphatic rings. The van der Waals surface area contributed by atoms with E-state index in [0.717, 1.165) is 11.0 Å². The summed E-state index contributed by atoms with van der Waals surface area (Å²) in [6.45, 7) is 0. The molecule has 2 nitrogen and oxygen atoms in total. The summed E-state index contributed by atoms with van der Waals surface area (Å²) in [6.07, 6.45) is 0. The third kappa shape index (κ3) is 2.02. The monoisotopic (exact) mass is 229 g/mol. The number of imidazole rings is 1. The van der Waals surface area contributed by atoms with E-state index in [-0.39, 0.29) is 26.9 Å². The standard InChI is InChI=1S/C7H6N2S.CH3.Zn/c10-7-8-5-3-1-2-4-6(5)9-7;;/h1-4H,(H2,8,9,10);1H3;/q;-1;. The maximum atomic E-state index is 4.90. The van der Waals surface area contributed by atoms with Crippen LogP contribution in [0.4, 0.5) is 0 Å². The molecule has 0 radical (unpaired) electrons. The molecule has 60 valence electrons. The Morgan fingerprint density at radius 2 is 1.42 bits per heavy atom. The molecule has 0 saturated carbocycles. The molecule has 1 aromatic carbocycles. The zero-order valence-corrected chi connectivity index (χ0v) is 10.7.